The Kier molecular flexibility index (Phi) is 6.55. The molecule has 0 radical (unpaired) electrons. The van der Waals surface area contributed by atoms with Crippen molar-refractivity contribution in [1.29, 1.82) is 0 Å². The third-order valence-electron chi connectivity index (χ3n) is 3.23. The van der Waals surface area contributed by atoms with E-state index in [4.69, 9.17) is 9.47 Å². The lowest BCUT2D eigenvalue weighted by Crippen LogP contribution is -2.19. The lowest BCUT2D eigenvalue weighted by molar-refractivity contribution is 0.219. The number of hydrogen-bond acceptors (Lipinski definition) is 2. The van der Waals surface area contributed by atoms with Crippen LogP contribution in [0.2, 0.25) is 0 Å². The number of halogens is 1. The summed E-state index contributed by atoms with van der Waals surface area (Å²) >= 11 is 3.54. The monoisotopic (exact) mass is 314 g/mol. The SMILES string of the molecule is CCc1ccc(OCC(CBr)C(C)C)c(OC)c1. The van der Waals surface area contributed by atoms with Gasteiger partial charge in [-0.2, -0.15) is 0 Å². The molecule has 0 N–H and O–H groups in total. The van der Waals surface area contributed by atoms with E-state index in [1.807, 2.05) is 12.1 Å². The third kappa shape index (κ3) is 4.20. The van der Waals surface area contributed by atoms with Crippen molar-refractivity contribution in [2.24, 2.45) is 11.8 Å². The first-order valence-electron chi connectivity index (χ1n) is 6.48. The van der Waals surface area contributed by atoms with Gasteiger partial charge in [0.1, 0.15) is 0 Å². The molecule has 3 heteroatoms. The minimum Gasteiger partial charge on any atom is -0.493 e. The highest BCUT2D eigenvalue weighted by molar-refractivity contribution is 9.09. The summed E-state index contributed by atoms with van der Waals surface area (Å²) in [6, 6.07) is 6.15. The molecule has 0 aliphatic rings. The Morgan fingerprint density at radius 2 is 1.94 bits per heavy atom. The van der Waals surface area contributed by atoms with Crippen LogP contribution in [-0.2, 0) is 6.42 Å². The summed E-state index contributed by atoms with van der Waals surface area (Å²) in [6.07, 6.45) is 1.01. The molecule has 102 valence electrons. The maximum Gasteiger partial charge on any atom is 0.161 e. The van der Waals surface area contributed by atoms with Gasteiger partial charge in [-0.3, -0.25) is 0 Å². The van der Waals surface area contributed by atoms with Gasteiger partial charge < -0.3 is 9.47 Å². The minimum atomic E-state index is 0.514. The van der Waals surface area contributed by atoms with Crippen molar-refractivity contribution in [2.75, 3.05) is 19.0 Å². The van der Waals surface area contributed by atoms with Gasteiger partial charge in [0.05, 0.1) is 13.7 Å². The molecule has 0 aromatic heterocycles. The molecule has 1 unspecified atom stereocenters. The van der Waals surface area contributed by atoms with Crippen LogP contribution in [0.3, 0.4) is 0 Å². The average molecular weight is 315 g/mol. The van der Waals surface area contributed by atoms with Gasteiger partial charge in [-0.1, -0.05) is 42.8 Å². The molecule has 0 saturated heterocycles. The summed E-state index contributed by atoms with van der Waals surface area (Å²) in [6.45, 7) is 7.28. The summed E-state index contributed by atoms with van der Waals surface area (Å²) in [5, 5.41) is 0.958. The number of ether oxygens (including phenoxy) is 2. The Morgan fingerprint density at radius 3 is 2.44 bits per heavy atom. The van der Waals surface area contributed by atoms with Crippen LogP contribution in [0, 0.1) is 11.8 Å². The lowest BCUT2D eigenvalue weighted by Gasteiger charge is -2.20. The van der Waals surface area contributed by atoms with Crippen molar-refractivity contribution in [2.45, 2.75) is 27.2 Å². The van der Waals surface area contributed by atoms with Crippen LogP contribution in [-0.4, -0.2) is 19.0 Å². The van der Waals surface area contributed by atoms with E-state index in [-0.39, 0.29) is 0 Å². The van der Waals surface area contributed by atoms with Crippen LogP contribution < -0.4 is 9.47 Å². The standard InChI is InChI=1S/C15H23BrO2/c1-5-12-6-7-14(15(8-12)17-4)18-10-13(9-16)11(2)3/h6-8,11,13H,5,9-10H2,1-4H3. The smallest absolute Gasteiger partial charge is 0.161 e. The summed E-state index contributed by atoms with van der Waals surface area (Å²) < 4.78 is 11.3. The first kappa shape index (κ1) is 15.4. The highest BCUT2D eigenvalue weighted by atomic mass is 79.9. The van der Waals surface area contributed by atoms with E-state index in [1.54, 1.807) is 7.11 Å². The minimum absolute atomic E-state index is 0.514. The number of rotatable bonds is 7. The molecule has 0 aliphatic heterocycles. The zero-order chi connectivity index (χ0) is 13.5. The van der Waals surface area contributed by atoms with E-state index in [9.17, 15) is 0 Å². The van der Waals surface area contributed by atoms with Crippen molar-refractivity contribution >= 4 is 15.9 Å². The topological polar surface area (TPSA) is 18.5 Å². The number of methoxy groups -OCH3 is 1. The molecule has 2 nitrogen and oxygen atoms in total. The molecule has 0 aliphatic carbocycles. The zero-order valence-corrected chi connectivity index (χ0v) is 13.3. The van der Waals surface area contributed by atoms with Crippen molar-refractivity contribution in [1.82, 2.24) is 0 Å². The molecule has 1 rings (SSSR count). The lowest BCUT2D eigenvalue weighted by atomic mass is 9.99. The molecule has 18 heavy (non-hydrogen) atoms. The molecule has 0 saturated carbocycles. The highest BCUT2D eigenvalue weighted by Crippen LogP contribution is 2.29. The fraction of sp³-hybridized carbons (Fsp3) is 0.600. The zero-order valence-electron chi connectivity index (χ0n) is 11.7. The van der Waals surface area contributed by atoms with Gasteiger partial charge in [-0.15, -0.1) is 0 Å². The largest absolute Gasteiger partial charge is 0.493 e. The Labute approximate surface area is 119 Å². The van der Waals surface area contributed by atoms with Crippen molar-refractivity contribution in [3.8, 4) is 11.5 Å². The van der Waals surface area contributed by atoms with Gasteiger partial charge in [0.15, 0.2) is 11.5 Å². The van der Waals surface area contributed by atoms with Crippen LogP contribution in [0.4, 0.5) is 0 Å². The van der Waals surface area contributed by atoms with Crippen LogP contribution in [0.1, 0.15) is 26.3 Å². The van der Waals surface area contributed by atoms with E-state index >= 15 is 0 Å². The molecule has 0 fully saturated rings. The third-order valence-corrected chi connectivity index (χ3v) is 4.06. The van der Waals surface area contributed by atoms with E-state index < -0.39 is 0 Å². The molecule has 1 aromatic rings. The second-order valence-corrected chi connectivity index (χ2v) is 5.46. The van der Waals surface area contributed by atoms with E-state index in [0.717, 1.165) is 23.2 Å². The van der Waals surface area contributed by atoms with Gasteiger partial charge in [0, 0.05) is 11.2 Å². The second kappa shape index (κ2) is 7.67. The second-order valence-electron chi connectivity index (χ2n) is 4.81. The molecule has 0 heterocycles. The summed E-state index contributed by atoms with van der Waals surface area (Å²) in [5.74, 6) is 2.78. The normalized spacial score (nSPS) is 12.6. The molecular formula is C15H23BrO2. The Balaban J connectivity index is 2.72. The number of aryl methyl sites for hydroxylation is 1. The quantitative estimate of drug-likeness (QED) is 0.698. The van der Waals surface area contributed by atoms with Crippen molar-refractivity contribution in [3.63, 3.8) is 0 Å². The predicted molar refractivity (Wildman–Crippen MR) is 80.0 cm³/mol. The molecule has 0 amide bonds. The van der Waals surface area contributed by atoms with Crippen molar-refractivity contribution in [3.05, 3.63) is 23.8 Å². The summed E-state index contributed by atoms with van der Waals surface area (Å²) in [7, 11) is 1.69. The average Bonchev–Trinajstić information content (AvgIpc) is 2.39. The summed E-state index contributed by atoms with van der Waals surface area (Å²) in [4.78, 5) is 0. The van der Waals surface area contributed by atoms with Gasteiger partial charge >= 0.3 is 0 Å². The maximum atomic E-state index is 5.89. The van der Waals surface area contributed by atoms with Crippen LogP contribution in [0.5, 0.6) is 11.5 Å². The maximum absolute atomic E-state index is 5.89. The van der Waals surface area contributed by atoms with E-state index in [0.29, 0.717) is 18.4 Å². The Bertz CT molecular complexity index is 364. The first-order valence-corrected chi connectivity index (χ1v) is 7.60. The van der Waals surface area contributed by atoms with Crippen LogP contribution in [0.25, 0.3) is 0 Å². The highest BCUT2D eigenvalue weighted by Gasteiger charge is 2.14. The van der Waals surface area contributed by atoms with Gasteiger partial charge in [0.2, 0.25) is 0 Å². The van der Waals surface area contributed by atoms with Crippen molar-refractivity contribution < 1.29 is 9.47 Å². The summed E-state index contributed by atoms with van der Waals surface area (Å²) in [5.41, 5.74) is 1.26. The number of hydrogen-bond donors (Lipinski definition) is 0. The van der Waals surface area contributed by atoms with Crippen LogP contribution in [0.15, 0.2) is 18.2 Å². The van der Waals surface area contributed by atoms with Gasteiger partial charge in [-0.05, 0) is 30.0 Å². The Hall–Kier alpha value is -0.700. The predicted octanol–water partition coefficient (Wildman–Crippen LogP) is 4.30. The molecule has 1 aromatic carbocycles. The molecule has 0 spiro atoms. The molecule has 1 atom stereocenters. The van der Waals surface area contributed by atoms with Gasteiger partial charge in [0.25, 0.3) is 0 Å². The molecular weight excluding hydrogens is 292 g/mol. The fourth-order valence-electron chi connectivity index (χ4n) is 1.66. The fourth-order valence-corrected chi connectivity index (χ4v) is 2.60. The van der Waals surface area contributed by atoms with Gasteiger partial charge in [-0.25, -0.2) is 0 Å². The van der Waals surface area contributed by atoms with E-state index in [1.165, 1.54) is 5.56 Å². The number of alkyl halides is 1. The number of benzene rings is 1. The molecule has 0 bridgehead atoms. The van der Waals surface area contributed by atoms with Crippen LogP contribution >= 0.6 is 15.9 Å². The first-order chi connectivity index (χ1) is 8.62. The van der Waals surface area contributed by atoms with E-state index in [2.05, 4.69) is 42.8 Å². The Morgan fingerprint density at radius 1 is 1.22 bits per heavy atom.